The van der Waals surface area contributed by atoms with Gasteiger partial charge in [0.05, 0.1) is 18.2 Å². The number of amidine groups is 1. The largest absolute Gasteiger partial charge is 0.491 e. The van der Waals surface area contributed by atoms with Gasteiger partial charge in [-0.25, -0.2) is 9.18 Å². The fraction of sp³-hybridized carbons (Fsp3) is 0.517. The van der Waals surface area contributed by atoms with Crippen LogP contribution in [0.5, 0.6) is 5.75 Å². The third-order valence-electron chi connectivity index (χ3n) is 7.90. The molecule has 2 aliphatic heterocycles. The Labute approximate surface area is 218 Å². The molecule has 2 aromatic rings. The average molecular weight is 509 g/mol. The Bertz CT molecular complexity index is 1150. The topological polar surface area (TPSA) is 77.4 Å². The molecule has 2 saturated heterocycles. The summed E-state index contributed by atoms with van der Waals surface area (Å²) >= 11 is 0. The van der Waals surface area contributed by atoms with Gasteiger partial charge in [0.25, 0.3) is 0 Å². The zero-order valence-electron chi connectivity index (χ0n) is 21.8. The zero-order chi connectivity index (χ0) is 26.0. The molecule has 0 bridgehead atoms. The van der Waals surface area contributed by atoms with Crippen LogP contribution >= 0.6 is 0 Å². The number of rotatable bonds is 7. The van der Waals surface area contributed by atoms with Crippen molar-refractivity contribution in [3.05, 3.63) is 59.9 Å². The van der Waals surface area contributed by atoms with Crippen LogP contribution in [-0.2, 0) is 6.54 Å². The molecule has 0 atom stereocenters. The van der Waals surface area contributed by atoms with E-state index in [0.29, 0.717) is 24.4 Å². The summed E-state index contributed by atoms with van der Waals surface area (Å²) in [6.45, 7) is 6.28. The van der Waals surface area contributed by atoms with Gasteiger partial charge in [-0.15, -0.1) is 0 Å². The molecule has 7 nitrogen and oxygen atoms in total. The van der Waals surface area contributed by atoms with Crippen LogP contribution in [0.3, 0.4) is 0 Å². The summed E-state index contributed by atoms with van der Waals surface area (Å²) in [5, 5.41) is 13.3. The van der Waals surface area contributed by atoms with E-state index in [0.717, 1.165) is 51.1 Å². The minimum Gasteiger partial charge on any atom is -0.491 e. The zero-order valence-corrected chi connectivity index (χ0v) is 21.8. The number of ether oxygens (including phenoxy) is 1. The second-order valence-corrected chi connectivity index (χ2v) is 10.9. The molecule has 2 amide bonds. The molecule has 3 fully saturated rings. The van der Waals surface area contributed by atoms with Crippen molar-refractivity contribution in [1.82, 2.24) is 10.2 Å². The first kappa shape index (κ1) is 25.7. The van der Waals surface area contributed by atoms with Gasteiger partial charge in [-0.3, -0.25) is 20.1 Å². The third-order valence-corrected chi connectivity index (χ3v) is 7.90. The van der Waals surface area contributed by atoms with Gasteiger partial charge in [0.15, 0.2) is 0 Å². The number of hydrogen-bond acceptors (Lipinski definition) is 5. The molecule has 1 spiro atoms. The summed E-state index contributed by atoms with van der Waals surface area (Å²) in [7, 11) is 0. The maximum Gasteiger partial charge on any atom is 0.328 e. The molecule has 198 valence electrons. The van der Waals surface area contributed by atoms with E-state index < -0.39 is 11.1 Å². The van der Waals surface area contributed by atoms with Crippen molar-refractivity contribution in [2.75, 3.05) is 24.6 Å². The van der Waals surface area contributed by atoms with Gasteiger partial charge >= 0.3 is 6.03 Å². The maximum atomic E-state index is 14.2. The molecule has 2 heterocycles. The highest BCUT2D eigenvalue weighted by Gasteiger charge is 2.54. The number of anilines is 1. The normalized spacial score (nSPS) is 22.2. The van der Waals surface area contributed by atoms with Gasteiger partial charge in [0.1, 0.15) is 22.9 Å². The molecule has 0 radical (unpaired) electrons. The van der Waals surface area contributed by atoms with Crippen LogP contribution in [-0.4, -0.2) is 58.8 Å². The summed E-state index contributed by atoms with van der Waals surface area (Å²) in [4.78, 5) is 22.5. The SMILES string of the molecule is CC(C)Oc1cccc(CN2CCC3(CC2)C(=NC2(CO)CCCC2)NC(=O)N3c2cccc(F)c2)c1. The Morgan fingerprint density at radius 3 is 2.49 bits per heavy atom. The van der Waals surface area contributed by atoms with Crippen LogP contribution in [0.25, 0.3) is 0 Å². The fourth-order valence-electron chi connectivity index (χ4n) is 6.05. The van der Waals surface area contributed by atoms with Gasteiger partial charge in [0.2, 0.25) is 0 Å². The van der Waals surface area contributed by atoms with E-state index in [-0.39, 0.29) is 24.6 Å². The van der Waals surface area contributed by atoms with E-state index in [4.69, 9.17) is 9.73 Å². The highest BCUT2D eigenvalue weighted by Crippen LogP contribution is 2.41. The summed E-state index contributed by atoms with van der Waals surface area (Å²) < 4.78 is 20.1. The number of halogens is 1. The van der Waals surface area contributed by atoms with Crippen molar-refractivity contribution in [1.29, 1.82) is 0 Å². The second-order valence-electron chi connectivity index (χ2n) is 10.9. The summed E-state index contributed by atoms with van der Waals surface area (Å²) in [5.41, 5.74) is 0.450. The Morgan fingerprint density at radius 1 is 1.08 bits per heavy atom. The molecular formula is C29H37FN4O3. The van der Waals surface area contributed by atoms with E-state index in [2.05, 4.69) is 22.3 Å². The molecule has 2 N–H and O–H groups in total. The van der Waals surface area contributed by atoms with Gasteiger partial charge in [-0.05, 0) is 75.4 Å². The van der Waals surface area contributed by atoms with Crippen LogP contribution in [0, 0.1) is 5.82 Å². The Hall–Kier alpha value is -2.97. The van der Waals surface area contributed by atoms with Crippen LogP contribution in [0.4, 0.5) is 14.9 Å². The smallest absolute Gasteiger partial charge is 0.328 e. The fourth-order valence-corrected chi connectivity index (χ4v) is 6.05. The number of piperidine rings is 1. The van der Waals surface area contributed by atoms with E-state index in [1.54, 1.807) is 17.0 Å². The highest BCUT2D eigenvalue weighted by atomic mass is 19.1. The van der Waals surface area contributed by atoms with Crippen LogP contribution in [0.15, 0.2) is 53.5 Å². The van der Waals surface area contributed by atoms with E-state index in [9.17, 15) is 14.3 Å². The number of nitrogens with one attached hydrogen (secondary N) is 1. The minimum atomic E-state index is -0.700. The molecule has 1 aliphatic carbocycles. The summed E-state index contributed by atoms with van der Waals surface area (Å²) in [5.74, 6) is 1.10. The quantitative estimate of drug-likeness (QED) is 0.559. The molecule has 5 rings (SSSR count). The highest BCUT2D eigenvalue weighted by molar-refractivity contribution is 6.19. The number of benzene rings is 2. The van der Waals surface area contributed by atoms with Crippen LogP contribution < -0.4 is 15.0 Å². The molecule has 0 unspecified atom stereocenters. The molecule has 8 heteroatoms. The maximum absolute atomic E-state index is 14.2. The number of carbonyl (C=O) groups is 1. The lowest BCUT2D eigenvalue weighted by atomic mass is 9.84. The molecule has 0 aromatic heterocycles. The summed E-state index contributed by atoms with van der Waals surface area (Å²) in [6, 6.07) is 14.1. The Kier molecular flexibility index (Phi) is 7.23. The summed E-state index contributed by atoms with van der Waals surface area (Å²) in [6.07, 6.45) is 5.07. The van der Waals surface area contributed by atoms with E-state index >= 15 is 0 Å². The van der Waals surface area contributed by atoms with Crippen LogP contribution in [0.2, 0.25) is 0 Å². The van der Waals surface area contributed by atoms with Crippen molar-refractivity contribution in [3.63, 3.8) is 0 Å². The first-order valence-corrected chi connectivity index (χ1v) is 13.4. The van der Waals surface area contributed by atoms with Crippen molar-refractivity contribution in [2.24, 2.45) is 4.99 Å². The predicted octanol–water partition coefficient (Wildman–Crippen LogP) is 4.88. The van der Waals surface area contributed by atoms with Crippen molar-refractivity contribution in [2.45, 2.75) is 76.1 Å². The van der Waals surface area contributed by atoms with Crippen molar-refractivity contribution < 1.29 is 19.0 Å². The standard InChI is InChI=1S/C29H37FN4O3/c1-21(2)37-25-10-5-7-22(17-25)19-33-15-13-29(14-16-33)26(32-28(20-35)11-3-4-12-28)31-27(36)34(29)24-9-6-8-23(30)18-24/h5-10,17-18,21,35H,3-4,11-16,19-20H2,1-2H3,(H,31,32,36). The van der Waals surface area contributed by atoms with Gasteiger partial charge in [0, 0.05) is 25.3 Å². The Balaban J connectivity index is 1.42. The lowest BCUT2D eigenvalue weighted by molar-refractivity contribution is 0.180. The number of amides is 2. The number of aliphatic hydroxyl groups excluding tert-OH is 1. The number of likely N-dealkylation sites (tertiary alicyclic amines) is 1. The third kappa shape index (κ3) is 5.22. The monoisotopic (exact) mass is 508 g/mol. The first-order chi connectivity index (χ1) is 17.8. The average Bonchev–Trinajstić information content (AvgIpc) is 3.43. The van der Waals surface area contributed by atoms with E-state index in [1.807, 2.05) is 26.0 Å². The molecular weight excluding hydrogens is 471 g/mol. The molecule has 1 saturated carbocycles. The van der Waals surface area contributed by atoms with Crippen LogP contribution in [0.1, 0.15) is 57.9 Å². The molecule has 2 aromatic carbocycles. The van der Waals surface area contributed by atoms with Crippen molar-refractivity contribution >= 4 is 17.6 Å². The number of aliphatic imine (C=N–C) groups is 1. The first-order valence-electron chi connectivity index (χ1n) is 13.4. The number of urea groups is 1. The predicted molar refractivity (Wildman–Crippen MR) is 143 cm³/mol. The minimum absolute atomic E-state index is 0.0384. The Morgan fingerprint density at radius 2 is 1.81 bits per heavy atom. The van der Waals surface area contributed by atoms with Gasteiger partial charge in [-0.1, -0.05) is 31.0 Å². The van der Waals surface area contributed by atoms with Crippen molar-refractivity contribution in [3.8, 4) is 5.75 Å². The lowest BCUT2D eigenvalue weighted by Crippen LogP contribution is -2.57. The number of carbonyl (C=O) groups excluding carboxylic acids is 1. The molecule has 3 aliphatic rings. The lowest BCUT2D eigenvalue weighted by Gasteiger charge is -2.44. The van der Waals surface area contributed by atoms with E-state index in [1.165, 1.54) is 17.7 Å². The number of aliphatic hydroxyl groups is 1. The molecule has 37 heavy (non-hydrogen) atoms. The van der Waals surface area contributed by atoms with Gasteiger partial charge < -0.3 is 9.84 Å². The van der Waals surface area contributed by atoms with Gasteiger partial charge in [-0.2, -0.15) is 0 Å². The number of nitrogens with zero attached hydrogens (tertiary/aromatic N) is 3. The second kappa shape index (κ2) is 10.4. The number of hydrogen-bond donors (Lipinski definition) is 2.